The molecule has 0 aliphatic carbocycles. The molecule has 0 radical (unpaired) electrons. The molecule has 1 heterocycles. The maximum atomic E-state index is 5.57. The number of fused-ring (bicyclic) bond motifs is 1. The number of ether oxygens (including phenoxy) is 5. The van der Waals surface area contributed by atoms with Gasteiger partial charge < -0.3 is 23.7 Å². The molecule has 5 nitrogen and oxygen atoms in total. The SMILES string of the molecule is C=C(c1cc(OC)c(OC)c(OC)c1)c1c(-c2ccc(OC)cc2)sc2cc(OC)ccc12. The van der Waals surface area contributed by atoms with Crippen LogP contribution in [0.3, 0.4) is 0 Å². The van der Waals surface area contributed by atoms with E-state index in [9.17, 15) is 0 Å². The Morgan fingerprint density at radius 2 is 1.30 bits per heavy atom. The highest BCUT2D eigenvalue weighted by Crippen LogP contribution is 2.47. The van der Waals surface area contributed by atoms with Crippen LogP contribution in [0.5, 0.6) is 28.7 Å². The Kier molecular flexibility index (Phi) is 6.47. The number of rotatable bonds is 8. The lowest BCUT2D eigenvalue weighted by atomic mass is 9.94. The van der Waals surface area contributed by atoms with Crippen molar-refractivity contribution in [3.05, 3.63) is 72.3 Å². The van der Waals surface area contributed by atoms with Gasteiger partial charge in [-0.25, -0.2) is 0 Å². The Morgan fingerprint density at radius 1 is 0.697 bits per heavy atom. The van der Waals surface area contributed by atoms with Crippen molar-refractivity contribution in [1.82, 2.24) is 0 Å². The minimum absolute atomic E-state index is 0.548. The van der Waals surface area contributed by atoms with E-state index in [1.807, 2.05) is 30.3 Å². The third-order valence-electron chi connectivity index (χ3n) is 5.56. The van der Waals surface area contributed by atoms with Crippen molar-refractivity contribution in [3.8, 4) is 39.2 Å². The van der Waals surface area contributed by atoms with Crippen LogP contribution < -0.4 is 23.7 Å². The molecule has 0 spiro atoms. The lowest BCUT2D eigenvalue weighted by Crippen LogP contribution is -1.97. The Balaban J connectivity index is 1.94. The van der Waals surface area contributed by atoms with Gasteiger partial charge in [-0.3, -0.25) is 0 Å². The molecular weight excluding hydrogens is 436 g/mol. The average molecular weight is 463 g/mol. The normalized spacial score (nSPS) is 10.7. The first kappa shape index (κ1) is 22.6. The molecule has 4 aromatic rings. The standard InChI is InChI=1S/C27H26O5S/c1-16(18-13-22(30-4)26(32-6)23(14-18)31-5)25-21-12-11-20(29-3)15-24(21)33-27(25)17-7-9-19(28-2)10-8-17/h7-15H,1H2,2-6H3. The Hall–Kier alpha value is -3.64. The van der Waals surface area contributed by atoms with Crippen molar-refractivity contribution < 1.29 is 23.7 Å². The molecule has 3 aromatic carbocycles. The fourth-order valence-corrected chi connectivity index (χ4v) is 5.11. The van der Waals surface area contributed by atoms with Crippen molar-refractivity contribution >= 4 is 27.0 Å². The van der Waals surface area contributed by atoms with Gasteiger partial charge in [-0.2, -0.15) is 0 Å². The van der Waals surface area contributed by atoms with Gasteiger partial charge in [0.05, 0.1) is 35.5 Å². The number of thiophene rings is 1. The molecule has 6 heteroatoms. The first-order valence-corrected chi connectivity index (χ1v) is 11.1. The van der Waals surface area contributed by atoms with Crippen molar-refractivity contribution in [2.24, 2.45) is 0 Å². The number of hydrogen-bond donors (Lipinski definition) is 0. The lowest BCUT2D eigenvalue weighted by Gasteiger charge is -2.16. The zero-order valence-electron chi connectivity index (χ0n) is 19.4. The van der Waals surface area contributed by atoms with E-state index in [4.69, 9.17) is 23.7 Å². The van der Waals surface area contributed by atoms with Gasteiger partial charge in [0.15, 0.2) is 11.5 Å². The fourth-order valence-electron chi connectivity index (χ4n) is 3.85. The largest absolute Gasteiger partial charge is 0.497 e. The van der Waals surface area contributed by atoms with Gasteiger partial charge in [0.25, 0.3) is 0 Å². The van der Waals surface area contributed by atoms with Crippen molar-refractivity contribution in [2.45, 2.75) is 0 Å². The number of benzene rings is 3. The molecule has 0 unspecified atom stereocenters. The van der Waals surface area contributed by atoms with Gasteiger partial charge in [0.1, 0.15) is 11.5 Å². The summed E-state index contributed by atoms with van der Waals surface area (Å²) >= 11 is 1.70. The Bertz CT molecular complexity index is 1280. The summed E-state index contributed by atoms with van der Waals surface area (Å²) in [6.07, 6.45) is 0. The second-order valence-electron chi connectivity index (χ2n) is 7.29. The zero-order valence-corrected chi connectivity index (χ0v) is 20.2. The maximum absolute atomic E-state index is 5.57. The molecule has 0 aliphatic rings. The van der Waals surface area contributed by atoms with Crippen LogP contribution in [0.25, 0.3) is 26.1 Å². The van der Waals surface area contributed by atoms with Crippen LogP contribution in [-0.4, -0.2) is 35.5 Å². The van der Waals surface area contributed by atoms with Gasteiger partial charge in [-0.05, 0) is 71.3 Å². The van der Waals surface area contributed by atoms with E-state index >= 15 is 0 Å². The minimum atomic E-state index is 0.548. The van der Waals surface area contributed by atoms with Crippen molar-refractivity contribution in [3.63, 3.8) is 0 Å². The van der Waals surface area contributed by atoms with E-state index in [0.29, 0.717) is 17.2 Å². The first-order chi connectivity index (χ1) is 16.0. The van der Waals surface area contributed by atoms with Gasteiger partial charge in [0, 0.05) is 20.5 Å². The minimum Gasteiger partial charge on any atom is -0.497 e. The van der Waals surface area contributed by atoms with Gasteiger partial charge in [-0.15, -0.1) is 11.3 Å². The van der Waals surface area contributed by atoms with E-state index < -0.39 is 0 Å². The van der Waals surface area contributed by atoms with Crippen molar-refractivity contribution in [2.75, 3.05) is 35.5 Å². The molecule has 0 atom stereocenters. The van der Waals surface area contributed by atoms with Crippen LogP contribution in [0.2, 0.25) is 0 Å². The molecule has 0 bridgehead atoms. The second-order valence-corrected chi connectivity index (χ2v) is 8.34. The van der Waals surface area contributed by atoms with Crippen LogP contribution in [0.1, 0.15) is 11.1 Å². The summed E-state index contributed by atoms with van der Waals surface area (Å²) < 4.78 is 28.6. The van der Waals surface area contributed by atoms with Crippen LogP contribution in [0.15, 0.2) is 61.2 Å². The van der Waals surface area contributed by atoms with Crippen LogP contribution >= 0.6 is 11.3 Å². The molecule has 4 rings (SSSR count). The van der Waals surface area contributed by atoms with Crippen LogP contribution in [-0.2, 0) is 0 Å². The number of methoxy groups -OCH3 is 5. The van der Waals surface area contributed by atoms with Gasteiger partial charge >= 0.3 is 0 Å². The Labute approximate surface area is 197 Å². The van der Waals surface area contributed by atoms with E-state index in [1.54, 1.807) is 46.9 Å². The highest BCUT2D eigenvalue weighted by atomic mass is 32.1. The predicted octanol–water partition coefficient (Wildman–Crippen LogP) is 6.67. The van der Waals surface area contributed by atoms with Gasteiger partial charge in [-0.1, -0.05) is 6.58 Å². The summed E-state index contributed by atoms with van der Waals surface area (Å²) in [5.41, 5.74) is 3.88. The summed E-state index contributed by atoms with van der Waals surface area (Å²) in [5.74, 6) is 3.34. The van der Waals surface area contributed by atoms with E-state index in [2.05, 4.69) is 30.8 Å². The highest BCUT2D eigenvalue weighted by molar-refractivity contribution is 7.22. The molecule has 0 amide bonds. The lowest BCUT2D eigenvalue weighted by molar-refractivity contribution is 0.324. The summed E-state index contributed by atoms with van der Waals surface area (Å²) in [6.45, 7) is 4.49. The molecule has 0 saturated heterocycles. The quantitative estimate of drug-likeness (QED) is 0.293. The van der Waals surface area contributed by atoms with E-state index in [0.717, 1.165) is 48.7 Å². The second kappa shape index (κ2) is 9.46. The third-order valence-corrected chi connectivity index (χ3v) is 6.77. The third kappa shape index (κ3) is 4.10. The van der Waals surface area contributed by atoms with Gasteiger partial charge in [0.2, 0.25) is 5.75 Å². The first-order valence-electron chi connectivity index (χ1n) is 10.3. The van der Waals surface area contributed by atoms with Crippen LogP contribution in [0.4, 0.5) is 0 Å². The molecule has 33 heavy (non-hydrogen) atoms. The molecule has 170 valence electrons. The van der Waals surface area contributed by atoms with E-state index in [1.165, 1.54) is 0 Å². The molecule has 1 aromatic heterocycles. The van der Waals surface area contributed by atoms with E-state index in [-0.39, 0.29) is 0 Å². The van der Waals surface area contributed by atoms with Crippen molar-refractivity contribution in [1.29, 1.82) is 0 Å². The molecule has 0 fully saturated rings. The summed E-state index contributed by atoms with van der Waals surface area (Å²) in [7, 11) is 8.15. The monoisotopic (exact) mass is 462 g/mol. The summed E-state index contributed by atoms with van der Waals surface area (Å²) in [5, 5.41) is 1.10. The molecular formula is C27H26O5S. The highest BCUT2D eigenvalue weighted by Gasteiger charge is 2.21. The topological polar surface area (TPSA) is 46.2 Å². The zero-order chi connectivity index (χ0) is 23.5. The average Bonchev–Trinajstić information content (AvgIpc) is 3.25. The number of hydrogen-bond acceptors (Lipinski definition) is 6. The summed E-state index contributed by atoms with van der Waals surface area (Å²) in [6, 6.07) is 18.0. The smallest absolute Gasteiger partial charge is 0.203 e. The predicted molar refractivity (Wildman–Crippen MR) is 135 cm³/mol. The summed E-state index contributed by atoms with van der Waals surface area (Å²) in [4.78, 5) is 1.11. The molecule has 0 aliphatic heterocycles. The maximum Gasteiger partial charge on any atom is 0.203 e. The molecule has 0 N–H and O–H groups in total. The van der Waals surface area contributed by atoms with Crippen LogP contribution in [0, 0.1) is 0 Å². The Morgan fingerprint density at radius 3 is 1.85 bits per heavy atom. The molecule has 0 saturated carbocycles. The fraction of sp³-hybridized carbons (Fsp3) is 0.185.